The van der Waals surface area contributed by atoms with Crippen molar-refractivity contribution < 1.29 is 8.42 Å². The van der Waals surface area contributed by atoms with Gasteiger partial charge in [0.2, 0.25) is 10.0 Å². The van der Waals surface area contributed by atoms with Crippen molar-refractivity contribution in [2.75, 3.05) is 25.4 Å². The van der Waals surface area contributed by atoms with Gasteiger partial charge in [0.1, 0.15) is 0 Å². The van der Waals surface area contributed by atoms with E-state index in [1.165, 1.54) is 0 Å². The van der Waals surface area contributed by atoms with Crippen LogP contribution in [0.5, 0.6) is 0 Å². The van der Waals surface area contributed by atoms with E-state index in [2.05, 4.69) is 26.1 Å². The second-order valence-corrected chi connectivity index (χ2v) is 7.91. The Labute approximate surface area is 106 Å². The predicted octanol–water partition coefficient (Wildman–Crippen LogP) is 1.44. The van der Waals surface area contributed by atoms with Crippen molar-refractivity contribution in [3.8, 4) is 0 Å². The first-order valence-electron chi connectivity index (χ1n) is 6.49. The molecule has 1 atom stereocenters. The molecule has 1 N–H and O–H groups in total. The van der Waals surface area contributed by atoms with Crippen molar-refractivity contribution in [1.82, 2.24) is 9.62 Å². The van der Waals surface area contributed by atoms with Gasteiger partial charge in [0, 0.05) is 19.1 Å². The van der Waals surface area contributed by atoms with Crippen LogP contribution in [0.1, 0.15) is 40.5 Å². The first-order chi connectivity index (χ1) is 7.79. The molecule has 0 aliphatic carbocycles. The smallest absolute Gasteiger partial charge is 0.214 e. The van der Waals surface area contributed by atoms with Crippen LogP contribution >= 0.6 is 0 Å². The molecule has 5 heteroatoms. The molecular formula is C12H26N2O2S. The van der Waals surface area contributed by atoms with E-state index in [4.69, 9.17) is 0 Å². The second-order valence-electron chi connectivity index (χ2n) is 5.87. The van der Waals surface area contributed by atoms with Gasteiger partial charge >= 0.3 is 0 Å². The van der Waals surface area contributed by atoms with E-state index in [0.29, 0.717) is 13.0 Å². The Kier molecular flexibility index (Phi) is 4.98. The van der Waals surface area contributed by atoms with Crippen LogP contribution in [0.4, 0.5) is 0 Å². The molecule has 1 aliphatic rings. The van der Waals surface area contributed by atoms with Crippen LogP contribution in [0.15, 0.2) is 0 Å². The highest BCUT2D eigenvalue weighted by molar-refractivity contribution is 7.89. The normalized spacial score (nSPS) is 27.4. The van der Waals surface area contributed by atoms with Gasteiger partial charge in [0.15, 0.2) is 0 Å². The summed E-state index contributed by atoms with van der Waals surface area (Å²) in [5.41, 5.74) is -0.0351. The predicted molar refractivity (Wildman–Crippen MR) is 71.5 cm³/mol. The van der Waals surface area contributed by atoms with Crippen LogP contribution < -0.4 is 5.32 Å². The molecule has 1 aliphatic heterocycles. The standard InChI is InChI=1S/C12H26N2O2S/c1-5-8-14-11(12(2,3)4)10-13-7-6-9-17(14,15)16/h11,13H,5-10H2,1-4H3. The van der Waals surface area contributed by atoms with Crippen LogP contribution in [0.2, 0.25) is 0 Å². The third-order valence-corrected chi connectivity index (χ3v) is 5.20. The molecule has 0 aromatic carbocycles. The van der Waals surface area contributed by atoms with Crippen molar-refractivity contribution in [3.05, 3.63) is 0 Å². The molecule has 0 spiro atoms. The molecule has 102 valence electrons. The number of hydrogen-bond donors (Lipinski definition) is 1. The third kappa shape index (κ3) is 3.93. The fourth-order valence-electron chi connectivity index (χ4n) is 2.28. The van der Waals surface area contributed by atoms with Crippen molar-refractivity contribution in [3.63, 3.8) is 0 Å². The molecule has 0 bridgehead atoms. The van der Waals surface area contributed by atoms with E-state index in [0.717, 1.165) is 19.5 Å². The highest BCUT2D eigenvalue weighted by Gasteiger charge is 2.37. The van der Waals surface area contributed by atoms with E-state index in [-0.39, 0.29) is 17.2 Å². The molecule has 1 saturated heterocycles. The number of rotatable bonds is 2. The summed E-state index contributed by atoms with van der Waals surface area (Å²) in [6.07, 6.45) is 1.57. The quantitative estimate of drug-likeness (QED) is 0.819. The summed E-state index contributed by atoms with van der Waals surface area (Å²) in [5.74, 6) is 0.270. The van der Waals surface area contributed by atoms with Crippen LogP contribution in [-0.4, -0.2) is 44.2 Å². The molecule has 4 nitrogen and oxygen atoms in total. The first kappa shape index (κ1) is 14.9. The molecule has 0 aromatic heterocycles. The summed E-state index contributed by atoms with van der Waals surface area (Å²) in [6.45, 7) is 10.5. The molecule has 0 radical (unpaired) electrons. The Morgan fingerprint density at radius 3 is 2.53 bits per heavy atom. The Hall–Kier alpha value is -0.130. The largest absolute Gasteiger partial charge is 0.315 e. The summed E-state index contributed by atoms with van der Waals surface area (Å²) < 4.78 is 26.3. The monoisotopic (exact) mass is 262 g/mol. The van der Waals surface area contributed by atoms with Gasteiger partial charge in [-0.3, -0.25) is 0 Å². The zero-order valence-corrected chi connectivity index (χ0v) is 12.3. The van der Waals surface area contributed by atoms with Gasteiger partial charge in [-0.1, -0.05) is 27.7 Å². The molecule has 0 aromatic rings. The summed E-state index contributed by atoms with van der Waals surface area (Å²) >= 11 is 0. The molecule has 0 amide bonds. The minimum absolute atomic E-state index is 0.0351. The lowest BCUT2D eigenvalue weighted by Gasteiger charge is -2.40. The molecule has 1 heterocycles. The zero-order valence-electron chi connectivity index (χ0n) is 11.5. The van der Waals surface area contributed by atoms with Gasteiger partial charge in [-0.25, -0.2) is 8.42 Å². The summed E-state index contributed by atoms with van der Waals surface area (Å²) in [5, 5.41) is 3.36. The fourth-order valence-corrected chi connectivity index (χ4v) is 4.27. The van der Waals surface area contributed by atoms with Crippen LogP contribution in [0.25, 0.3) is 0 Å². The molecule has 17 heavy (non-hydrogen) atoms. The molecule has 0 saturated carbocycles. The van der Waals surface area contributed by atoms with E-state index in [1.54, 1.807) is 4.31 Å². The minimum Gasteiger partial charge on any atom is -0.315 e. The topological polar surface area (TPSA) is 49.4 Å². The van der Waals surface area contributed by atoms with Crippen molar-refractivity contribution in [2.45, 2.75) is 46.6 Å². The van der Waals surface area contributed by atoms with Crippen LogP contribution in [0.3, 0.4) is 0 Å². The maximum absolute atomic E-state index is 12.3. The Balaban J connectivity index is 3.03. The SMILES string of the molecule is CCCN1C(C(C)(C)C)CNCCCS1(=O)=O. The molecular weight excluding hydrogens is 236 g/mol. The Bertz CT molecular complexity index is 333. The number of sulfonamides is 1. The minimum atomic E-state index is -3.08. The van der Waals surface area contributed by atoms with Crippen LogP contribution in [-0.2, 0) is 10.0 Å². The zero-order chi connectivity index (χ0) is 13.1. The first-order valence-corrected chi connectivity index (χ1v) is 8.10. The van der Waals surface area contributed by atoms with Crippen molar-refractivity contribution in [2.24, 2.45) is 5.41 Å². The summed E-state index contributed by atoms with van der Waals surface area (Å²) in [6, 6.07) is 0.0488. The van der Waals surface area contributed by atoms with Gasteiger partial charge in [0.05, 0.1) is 5.75 Å². The van der Waals surface area contributed by atoms with E-state index in [9.17, 15) is 8.42 Å². The lowest BCUT2D eigenvalue weighted by Crippen LogP contribution is -2.54. The summed E-state index contributed by atoms with van der Waals surface area (Å²) in [7, 11) is -3.08. The number of nitrogens with one attached hydrogen (secondary N) is 1. The van der Waals surface area contributed by atoms with Gasteiger partial charge in [-0.15, -0.1) is 0 Å². The second kappa shape index (κ2) is 5.67. The van der Waals surface area contributed by atoms with Gasteiger partial charge in [-0.05, 0) is 24.8 Å². The van der Waals surface area contributed by atoms with Gasteiger partial charge in [-0.2, -0.15) is 4.31 Å². The van der Waals surface area contributed by atoms with Crippen LogP contribution in [0, 0.1) is 5.41 Å². The average Bonchev–Trinajstić information content (AvgIpc) is 2.16. The lowest BCUT2D eigenvalue weighted by atomic mass is 9.86. The van der Waals surface area contributed by atoms with E-state index >= 15 is 0 Å². The number of hydrogen-bond acceptors (Lipinski definition) is 3. The highest BCUT2D eigenvalue weighted by Crippen LogP contribution is 2.27. The van der Waals surface area contributed by atoms with Gasteiger partial charge < -0.3 is 5.32 Å². The fraction of sp³-hybridized carbons (Fsp3) is 1.00. The highest BCUT2D eigenvalue weighted by atomic mass is 32.2. The van der Waals surface area contributed by atoms with E-state index in [1.807, 2.05) is 6.92 Å². The maximum Gasteiger partial charge on any atom is 0.214 e. The third-order valence-electron chi connectivity index (χ3n) is 3.24. The Morgan fingerprint density at radius 1 is 1.35 bits per heavy atom. The molecule has 1 fully saturated rings. The van der Waals surface area contributed by atoms with E-state index < -0.39 is 10.0 Å². The van der Waals surface area contributed by atoms with Crippen molar-refractivity contribution in [1.29, 1.82) is 0 Å². The van der Waals surface area contributed by atoms with Gasteiger partial charge in [0.25, 0.3) is 0 Å². The maximum atomic E-state index is 12.3. The summed E-state index contributed by atoms with van der Waals surface area (Å²) in [4.78, 5) is 0. The molecule has 1 rings (SSSR count). The Morgan fingerprint density at radius 2 is 2.00 bits per heavy atom. The molecule has 1 unspecified atom stereocenters. The van der Waals surface area contributed by atoms with Crippen molar-refractivity contribution >= 4 is 10.0 Å². The lowest BCUT2D eigenvalue weighted by molar-refractivity contribution is 0.169. The number of nitrogens with zero attached hydrogens (tertiary/aromatic N) is 1. The average molecular weight is 262 g/mol.